The Labute approximate surface area is 56.6 Å². The molecule has 0 N–H and O–H groups in total. The predicted octanol–water partition coefficient (Wildman–Crippen LogP) is 1.46. The van der Waals surface area contributed by atoms with Crippen LogP contribution >= 0.6 is 0 Å². The maximum absolute atomic E-state index is 11.6. The standard InChI is InChI=1S/C4H5F3O2S/c1-3(4(5)6)2-10(7,8)9/h2H2,1H3. The van der Waals surface area contributed by atoms with Crippen LogP contribution in [0.2, 0.25) is 0 Å². The molecule has 10 heavy (non-hydrogen) atoms. The van der Waals surface area contributed by atoms with E-state index < -0.39 is 27.6 Å². The van der Waals surface area contributed by atoms with Crippen LogP contribution in [0.5, 0.6) is 0 Å². The minimum atomic E-state index is -4.81. The largest absolute Gasteiger partial charge is 0.306 e. The zero-order valence-corrected chi connectivity index (χ0v) is 5.88. The molecule has 0 rings (SSSR count). The molecule has 0 amide bonds. The van der Waals surface area contributed by atoms with Crippen molar-refractivity contribution in [1.29, 1.82) is 0 Å². The van der Waals surface area contributed by atoms with E-state index in [9.17, 15) is 21.1 Å². The molecule has 0 aromatic heterocycles. The summed E-state index contributed by atoms with van der Waals surface area (Å²) in [6.07, 6.45) is -2.15. The number of rotatable bonds is 2. The van der Waals surface area contributed by atoms with Crippen LogP contribution in [0.3, 0.4) is 0 Å². The molecule has 0 aliphatic rings. The summed E-state index contributed by atoms with van der Waals surface area (Å²) in [4.78, 5) is 0. The van der Waals surface area contributed by atoms with E-state index in [0.29, 0.717) is 0 Å². The molecule has 6 heteroatoms. The first-order valence-electron chi connectivity index (χ1n) is 2.26. The molecular weight excluding hydrogens is 169 g/mol. The summed E-state index contributed by atoms with van der Waals surface area (Å²) < 4.78 is 53.8. The van der Waals surface area contributed by atoms with Gasteiger partial charge in [-0.1, -0.05) is 0 Å². The average molecular weight is 174 g/mol. The molecule has 0 aromatic rings. The summed E-state index contributed by atoms with van der Waals surface area (Å²) in [5, 5.41) is 0. The summed E-state index contributed by atoms with van der Waals surface area (Å²) in [6, 6.07) is 0. The van der Waals surface area contributed by atoms with Gasteiger partial charge in [0.05, 0.1) is 0 Å². The number of halogens is 3. The molecule has 0 aromatic carbocycles. The van der Waals surface area contributed by atoms with Crippen LogP contribution in [0, 0.1) is 0 Å². The smallest absolute Gasteiger partial charge is 0.195 e. The molecule has 0 saturated heterocycles. The van der Waals surface area contributed by atoms with Crippen molar-refractivity contribution < 1.29 is 21.1 Å². The molecule has 0 bridgehead atoms. The van der Waals surface area contributed by atoms with Crippen LogP contribution in [0.15, 0.2) is 11.7 Å². The van der Waals surface area contributed by atoms with Gasteiger partial charge in [-0.15, -0.1) is 3.89 Å². The molecular formula is C4H5F3O2S. The van der Waals surface area contributed by atoms with Crippen molar-refractivity contribution in [2.45, 2.75) is 6.92 Å². The minimum absolute atomic E-state index is 0.762. The topological polar surface area (TPSA) is 34.1 Å². The first kappa shape index (κ1) is 9.48. The first-order chi connectivity index (χ1) is 4.33. The van der Waals surface area contributed by atoms with Gasteiger partial charge in [-0.05, 0) is 6.92 Å². The molecule has 0 radical (unpaired) electrons. The second-order valence-corrected chi connectivity index (χ2v) is 3.09. The Hall–Kier alpha value is -0.520. The fourth-order valence-corrected chi connectivity index (χ4v) is 0.939. The average Bonchev–Trinajstić information content (AvgIpc) is 1.60. The Morgan fingerprint density at radius 3 is 1.90 bits per heavy atom. The van der Waals surface area contributed by atoms with Crippen molar-refractivity contribution in [1.82, 2.24) is 0 Å². The quantitative estimate of drug-likeness (QED) is 0.594. The van der Waals surface area contributed by atoms with E-state index in [4.69, 9.17) is 0 Å². The van der Waals surface area contributed by atoms with Crippen molar-refractivity contribution in [2.24, 2.45) is 0 Å². The van der Waals surface area contributed by atoms with E-state index in [0.717, 1.165) is 6.92 Å². The maximum atomic E-state index is 11.6. The monoisotopic (exact) mass is 174 g/mol. The molecule has 0 heterocycles. The van der Waals surface area contributed by atoms with Crippen LogP contribution in [-0.4, -0.2) is 14.2 Å². The Morgan fingerprint density at radius 1 is 1.40 bits per heavy atom. The fourth-order valence-electron chi connectivity index (χ4n) is 0.313. The molecule has 0 spiro atoms. The van der Waals surface area contributed by atoms with E-state index in [1.807, 2.05) is 0 Å². The van der Waals surface area contributed by atoms with Crippen molar-refractivity contribution in [2.75, 3.05) is 5.75 Å². The predicted molar refractivity (Wildman–Crippen MR) is 29.8 cm³/mol. The lowest BCUT2D eigenvalue weighted by atomic mass is 10.4. The van der Waals surface area contributed by atoms with E-state index in [-0.39, 0.29) is 0 Å². The summed E-state index contributed by atoms with van der Waals surface area (Å²) in [5.74, 6) is -1.23. The third-order valence-electron chi connectivity index (χ3n) is 0.712. The van der Waals surface area contributed by atoms with Gasteiger partial charge < -0.3 is 0 Å². The lowest BCUT2D eigenvalue weighted by Crippen LogP contribution is -1.99. The first-order valence-corrected chi connectivity index (χ1v) is 3.81. The molecule has 0 aliphatic heterocycles. The summed E-state index contributed by atoms with van der Waals surface area (Å²) in [6.45, 7) is 0.854. The van der Waals surface area contributed by atoms with Gasteiger partial charge in [-0.25, -0.2) is 0 Å². The molecule has 2 nitrogen and oxygen atoms in total. The summed E-state index contributed by atoms with van der Waals surface area (Å²) >= 11 is 0. The van der Waals surface area contributed by atoms with Gasteiger partial charge in [-0.3, -0.25) is 0 Å². The van der Waals surface area contributed by atoms with E-state index in [2.05, 4.69) is 0 Å². The van der Waals surface area contributed by atoms with Crippen LogP contribution in [0.1, 0.15) is 6.92 Å². The third kappa shape index (κ3) is 4.37. The van der Waals surface area contributed by atoms with Gasteiger partial charge in [0, 0.05) is 5.57 Å². The van der Waals surface area contributed by atoms with Crippen molar-refractivity contribution >= 4 is 10.2 Å². The van der Waals surface area contributed by atoms with Crippen molar-refractivity contribution in [3.05, 3.63) is 11.7 Å². The summed E-state index contributed by atoms with van der Waals surface area (Å²) in [5.41, 5.74) is -0.762. The van der Waals surface area contributed by atoms with Crippen LogP contribution in [0.4, 0.5) is 12.7 Å². The van der Waals surface area contributed by atoms with Gasteiger partial charge in [0.2, 0.25) is 0 Å². The van der Waals surface area contributed by atoms with E-state index in [1.54, 1.807) is 0 Å². The van der Waals surface area contributed by atoms with Gasteiger partial charge in [0.25, 0.3) is 6.08 Å². The molecule has 0 fully saturated rings. The highest BCUT2D eigenvalue weighted by Crippen LogP contribution is 2.09. The third-order valence-corrected chi connectivity index (χ3v) is 1.49. The van der Waals surface area contributed by atoms with E-state index >= 15 is 0 Å². The number of hydrogen-bond acceptors (Lipinski definition) is 2. The maximum Gasteiger partial charge on any atom is 0.306 e. The van der Waals surface area contributed by atoms with Gasteiger partial charge in [-0.2, -0.15) is 17.2 Å². The molecule has 0 atom stereocenters. The van der Waals surface area contributed by atoms with Crippen molar-refractivity contribution in [3.63, 3.8) is 0 Å². The second kappa shape index (κ2) is 3.05. The summed E-state index contributed by atoms with van der Waals surface area (Å²) in [7, 11) is -4.81. The Bertz CT molecular complexity index is 237. The van der Waals surface area contributed by atoms with Gasteiger partial charge in [0.15, 0.2) is 0 Å². The zero-order chi connectivity index (χ0) is 8.36. The zero-order valence-electron chi connectivity index (χ0n) is 5.07. The highest BCUT2D eigenvalue weighted by atomic mass is 32.3. The highest BCUT2D eigenvalue weighted by Gasteiger charge is 2.11. The molecule has 0 saturated carbocycles. The molecule has 0 aliphatic carbocycles. The van der Waals surface area contributed by atoms with Crippen LogP contribution < -0.4 is 0 Å². The van der Waals surface area contributed by atoms with Crippen molar-refractivity contribution in [3.8, 4) is 0 Å². The Morgan fingerprint density at radius 2 is 1.80 bits per heavy atom. The number of hydrogen-bond donors (Lipinski definition) is 0. The normalized spacial score (nSPS) is 11.2. The highest BCUT2D eigenvalue weighted by molar-refractivity contribution is 7.86. The second-order valence-electron chi connectivity index (χ2n) is 1.72. The Balaban J connectivity index is 4.35. The molecule has 60 valence electrons. The van der Waals surface area contributed by atoms with Crippen LogP contribution in [0.25, 0.3) is 0 Å². The van der Waals surface area contributed by atoms with E-state index in [1.165, 1.54) is 0 Å². The Kier molecular flexibility index (Phi) is 2.89. The molecule has 0 unspecified atom stereocenters. The van der Waals surface area contributed by atoms with Gasteiger partial charge in [0.1, 0.15) is 5.75 Å². The fraction of sp³-hybridized carbons (Fsp3) is 0.500. The van der Waals surface area contributed by atoms with Crippen LogP contribution in [-0.2, 0) is 10.2 Å². The minimum Gasteiger partial charge on any atom is -0.195 e. The van der Waals surface area contributed by atoms with Gasteiger partial charge >= 0.3 is 10.2 Å². The lowest BCUT2D eigenvalue weighted by Gasteiger charge is -1.91. The SMILES string of the molecule is CC(CS(=O)(=O)F)=C(F)F. The lowest BCUT2D eigenvalue weighted by molar-refractivity contribution is 0.411.